The lowest BCUT2D eigenvalue weighted by Gasteiger charge is -2.32. The van der Waals surface area contributed by atoms with Gasteiger partial charge in [0.1, 0.15) is 18.3 Å². The second-order valence-corrected chi connectivity index (χ2v) is 11.0. The molecular formula is C24H32BrN3O5S. The van der Waals surface area contributed by atoms with Crippen LogP contribution < -0.4 is 14.4 Å². The van der Waals surface area contributed by atoms with Gasteiger partial charge in [-0.3, -0.25) is 13.9 Å². The molecule has 2 amide bonds. The molecule has 186 valence electrons. The number of carbonyl (C=O) groups excluding carboxylic acids is 2. The van der Waals surface area contributed by atoms with Crippen molar-refractivity contribution < 1.29 is 22.7 Å². The first kappa shape index (κ1) is 27.7. The fraction of sp³-hybridized carbons (Fsp3) is 0.417. The van der Waals surface area contributed by atoms with Crippen LogP contribution in [-0.2, 0) is 26.2 Å². The largest absolute Gasteiger partial charge is 0.492 e. The molecule has 0 spiro atoms. The zero-order valence-electron chi connectivity index (χ0n) is 20.1. The molecule has 0 bridgehead atoms. The first-order valence-electron chi connectivity index (χ1n) is 11.0. The summed E-state index contributed by atoms with van der Waals surface area (Å²) in [4.78, 5) is 27.7. The molecule has 0 fully saturated rings. The quantitative estimate of drug-likeness (QED) is 0.459. The van der Waals surface area contributed by atoms with E-state index in [0.29, 0.717) is 12.4 Å². The van der Waals surface area contributed by atoms with Crippen LogP contribution >= 0.6 is 15.9 Å². The summed E-state index contributed by atoms with van der Waals surface area (Å²) in [5.41, 5.74) is 1.06. The van der Waals surface area contributed by atoms with E-state index in [1.54, 1.807) is 38.1 Å². The molecule has 10 heteroatoms. The van der Waals surface area contributed by atoms with E-state index in [1.165, 1.54) is 4.90 Å². The molecule has 0 aromatic heterocycles. The maximum absolute atomic E-state index is 13.6. The number of nitrogens with one attached hydrogen (secondary N) is 1. The number of para-hydroxylation sites is 2. The van der Waals surface area contributed by atoms with Crippen molar-refractivity contribution in [1.29, 1.82) is 0 Å². The van der Waals surface area contributed by atoms with Gasteiger partial charge in [-0.2, -0.15) is 0 Å². The highest BCUT2D eigenvalue weighted by Gasteiger charge is 2.31. The number of benzene rings is 2. The number of rotatable bonds is 11. The Morgan fingerprint density at radius 2 is 1.76 bits per heavy atom. The summed E-state index contributed by atoms with van der Waals surface area (Å²) >= 11 is 3.42. The summed E-state index contributed by atoms with van der Waals surface area (Å²) in [5.74, 6) is -0.477. The molecule has 0 radical (unpaired) electrons. The molecule has 0 aliphatic rings. The lowest BCUT2D eigenvalue weighted by Crippen LogP contribution is -2.52. The van der Waals surface area contributed by atoms with E-state index in [1.807, 2.05) is 38.1 Å². The summed E-state index contributed by atoms with van der Waals surface area (Å²) < 4.78 is 32.9. The van der Waals surface area contributed by atoms with E-state index in [0.717, 1.165) is 20.6 Å². The lowest BCUT2D eigenvalue weighted by atomic mass is 10.1. The Balaban J connectivity index is 2.44. The van der Waals surface area contributed by atoms with Gasteiger partial charge in [0.25, 0.3) is 0 Å². The highest BCUT2D eigenvalue weighted by molar-refractivity contribution is 9.10. The number of halogens is 1. The fourth-order valence-corrected chi connectivity index (χ4v) is 4.66. The molecule has 0 aliphatic carbocycles. The van der Waals surface area contributed by atoms with Gasteiger partial charge in [-0.25, -0.2) is 8.42 Å². The average molecular weight is 555 g/mol. The Hall–Kier alpha value is -2.59. The topological polar surface area (TPSA) is 96.0 Å². The van der Waals surface area contributed by atoms with Crippen molar-refractivity contribution >= 4 is 43.5 Å². The number of sulfonamides is 1. The van der Waals surface area contributed by atoms with Crippen LogP contribution in [0.2, 0.25) is 0 Å². The molecule has 1 atom stereocenters. The van der Waals surface area contributed by atoms with Crippen molar-refractivity contribution in [2.45, 2.75) is 46.3 Å². The molecule has 2 aromatic rings. The molecule has 0 saturated heterocycles. The maximum Gasteiger partial charge on any atom is 0.244 e. The molecule has 0 saturated carbocycles. The number of anilines is 1. The van der Waals surface area contributed by atoms with Crippen molar-refractivity contribution in [1.82, 2.24) is 10.2 Å². The Labute approximate surface area is 210 Å². The zero-order valence-corrected chi connectivity index (χ0v) is 22.5. The third kappa shape index (κ3) is 7.73. The number of amides is 2. The number of carbonyl (C=O) groups is 2. The van der Waals surface area contributed by atoms with Crippen LogP contribution in [0.1, 0.15) is 33.3 Å². The van der Waals surface area contributed by atoms with Gasteiger partial charge in [-0.1, -0.05) is 40.2 Å². The Morgan fingerprint density at radius 3 is 2.35 bits per heavy atom. The first-order valence-corrected chi connectivity index (χ1v) is 13.6. The molecule has 0 heterocycles. The molecule has 2 rings (SSSR count). The molecular weight excluding hydrogens is 522 g/mol. The van der Waals surface area contributed by atoms with E-state index >= 15 is 0 Å². The van der Waals surface area contributed by atoms with Crippen LogP contribution in [0.3, 0.4) is 0 Å². The van der Waals surface area contributed by atoms with Crippen molar-refractivity contribution in [3.63, 3.8) is 0 Å². The van der Waals surface area contributed by atoms with Crippen LogP contribution in [0.5, 0.6) is 5.75 Å². The number of nitrogens with zero attached hydrogens (tertiary/aromatic N) is 2. The Bertz CT molecular complexity index is 1110. The molecule has 8 nitrogen and oxygen atoms in total. The summed E-state index contributed by atoms with van der Waals surface area (Å²) in [6, 6.07) is 13.1. The number of ether oxygens (including phenoxy) is 1. The van der Waals surface area contributed by atoms with Gasteiger partial charge in [0.05, 0.1) is 18.6 Å². The average Bonchev–Trinajstić information content (AvgIpc) is 2.75. The summed E-state index contributed by atoms with van der Waals surface area (Å²) in [7, 11) is -3.83. The van der Waals surface area contributed by atoms with Crippen LogP contribution in [-0.4, -0.2) is 56.6 Å². The number of hydrogen-bond acceptors (Lipinski definition) is 5. The predicted molar refractivity (Wildman–Crippen MR) is 137 cm³/mol. The first-order chi connectivity index (χ1) is 15.9. The number of hydrogen-bond donors (Lipinski definition) is 1. The monoisotopic (exact) mass is 553 g/mol. The van der Waals surface area contributed by atoms with Crippen molar-refractivity contribution in [2.24, 2.45) is 0 Å². The molecule has 0 aliphatic heterocycles. The van der Waals surface area contributed by atoms with Gasteiger partial charge in [0.15, 0.2) is 0 Å². The normalized spacial score (nSPS) is 12.2. The smallest absolute Gasteiger partial charge is 0.244 e. The van der Waals surface area contributed by atoms with E-state index in [-0.39, 0.29) is 24.2 Å². The van der Waals surface area contributed by atoms with Crippen molar-refractivity contribution in [2.75, 3.05) is 23.7 Å². The molecule has 34 heavy (non-hydrogen) atoms. The SMILES string of the molecule is CCOc1ccccc1N(CC(=O)N(Cc1cccc(Br)c1)[C@H](C)C(=O)NC(C)C)S(C)(=O)=O. The minimum Gasteiger partial charge on any atom is -0.492 e. The standard InChI is InChI=1S/C24H32BrN3O5S/c1-6-33-22-13-8-7-12-21(22)28(34(5,31)32)16-23(29)27(18(4)24(30)26-17(2)3)15-19-10-9-11-20(25)14-19/h7-14,17-18H,6,15-16H2,1-5H3,(H,26,30)/t18-/m1/s1. The van der Waals surface area contributed by atoms with Gasteiger partial charge in [-0.15, -0.1) is 0 Å². The van der Waals surface area contributed by atoms with Crippen LogP contribution in [0.4, 0.5) is 5.69 Å². The second-order valence-electron chi connectivity index (χ2n) is 8.16. The van der Waals surface area contributed by atoms with Gasteiger partial charge < -0.3 is 15.0 Å². The van der Waals surface area contributed by atoms with E-state index in [4.69, 9.17) is 4.74 Å². The Morgan fingerprint density at radius 1 is 1.09 bits per heavy atom. The lowest BCUT2D eigenvalue weighted by molar-refractivity contribution is -0.139. The second kappa shape index (κ2) is 12.2. The van der Waals surface area contributed by atoms with Gasteiger partial charge >= 0.3 is 0 Å². The maximum atomic E-state index is 13.6. The van der Waals surface area contributed by atoms with E-state index < -0.39 is 28.5 Å². The summed E-state index contributed by atoms with van der Waals surface area (Å²) in [6.45, 7) is 7.09. The molecule has 0 unspecified atom stereocenters. The minimum atomic E-state index is -3.83. The highest BCUT2D eigenvalue weighted by atomic mass is 79.9. The van der Waals surface area contributed by atoms with Crippen molar-refractivity contribution in [3.8, 4) is 5.75 Å². The van der Waals surface area contributed by atoms with Crippen molar-refractivity contribution in [3.05, 3.63) is 58.6 Å². The third-order valence-electron chi connectivity index (χ3n) is 4.95. The Kier molecular flexibility index (Phi) is 9.93. The third-order valence-corrected chi connectivity index (χ3v) is 6.57. The van der Waals surface area contributed by atoms with Gasteiger partial charge in [-0.05, 0) is 57.5 Å². The van der Waals surface area contributed by atoms with Crippen LogP contribution in [0, 0.1) is 0 Å². The summed E-state index contributed by atoms with van der Waals surface area (Å²) in [6.07, 6.45) is 1.04. The molecule has 2 aromatic carbocycles. The fourth-order valence-electron chi connectivity index (χ4n) is 3.36. The van der Waals surface area contributed by atoms with E-state index in [9.17, 15) is 18.0 Å². The van der Waals surface area contributed by atoms with Crippen LogP contribution in [0.15, 0.2) is 53.0 Å². The van der Waals surface area contributed by atoms with Gasteiger partial charge in [0.2, 0.25) is 21.8 Å². The highest BCUT2D eigenvalue weighted by Crippen LogP contribution is 2.30. The van der Waals surface area contributed by atoms with Crippen LogP contribution in [0.25, 0.3) is 0 Å². The van der Waals surface area contributed by atoms with Gasteiger partial charge in [0, 0.05) is 17.1 Å². The minimum absolute atomic E-state index is 0.108. The van der Waals surface area contributed by atoms with E-state index in [2.05, 4.69) is 21.2 Å². The molecule has 1 N–H and O–H groups in total. The predicted octanol–water partition coefficient (Wildman–Crippen LogP) is 3.56. The summed E-state index contributed by atoms with van der Waals surface area (Å²) in [5, 5.41) is 2.82. The zero-order chi connectivity index (χ0) is 25.5.